The number of anilines is 1. The van der Waals surface area contributed by atoms with Gasteiger partial charge in [-0.05, 0) is 13.8 Å². The number of nitrogen functional groups attached to an aromatic ring is 1. The summed E-state index contributed by atoms with van der Waals surface area (Å²) in [4.78, 5) is 12.4. The van der Waals surface area contributed by atoms with Crippen LogP contribution in [-0.2, 0) is 0 Å². The van der Waals surface area contributed by atoms with Crippen LogP contribution in [0.1, 0.15) is 11.4 Å². The number of aryl methyl sites for hydroxylation is 1. The Morgan fingerprint density at radius 3 is 2.59 bits per heavy atom. The van der Waals surface area contributed by atoms with E-state index >= 15 is 0 Å². The van der Waals surface area contributed by atoms with Gasteiger partial charge in [-0.15, -0.1) is 0 Å². The zero-order valence-corrected chi connectivity index (χ0v) is 9.93. The minimum Gasteiger partial charge on any atom is -0.490 e. The Morgan fingerprint density at radius 2 is 2.06 bits per heavy atom. The van der Waals surface area contributed by atoms with E-state index in [0.717, 1.165) is 11.4 Å². The first-order chi connectivity index (χ1) is 8.19. The zero-order valence-electron chi connectivity index (χ0n) is 9.93. The fourth-order valence-corrected chi connectivity index (χ4v) is 1.54. The summed E-state index contributed by atoms with van der Waals surface area (Å²) in [6.45, 7) is 3.89. The van der Waals surface area contributed by atoms with Crippen molar-refractivity contribution in [1.29, 1.82) is 0 Å². The first-order valence-corrected chi connectivity index (χ1v) is 5.05. The number of imidazole rings is 1. The van der Waals surface area contributed by atoms with E-state index in [1.807, 2.05) is 18.4 Å². The normalized spacial score (nSPS) is 10.4. The number of ether oxygens (including phenoxy) is 1. The number of rotatable bonds is 3. The minimum absolute atomic E-state index is 0.434. The van der Waals surface area contributed by atoms with Crippen molar-refractivity contribution >= 4 is 5.82 Å². The zero-order chi connectivity index (χ0) is 12.4. The lowest BCUT2D eigenvalue weighted by Crippen LogP contribution is -2.12. The molecule has 0 bridgehead atoms. The Kier molecular flexibility index (Phi) is 2.92. The van der Waals surface area contributed by atoms with Crippen LogP contribution in [0.15, 0.2) is 12.7 Å². The molecule has 0 saturated heterocycles. The van der Waals surface area contributed by atoms with Gasteiger partial charge in [0.25, 0.3) is 0 Å². The average molecular weight is 234 g/mol. The smallest absolute Gasteiger partial charge is 0.206 e. The van der Waals surface area contributed by atoms with Gasteiger partial charge in [-0.3, -0.25) is 4.57 Å². The van der Waals surface area contributed by atoms with Gasteiger partial charge in [0.15, 0.2) is 11.6 Å². The maximum Gasteiger partial charge on any atom is 0.206 e. The molecule has 0 radical (unpaired) electrons. The molecule has 0 fully saturated rings. The van der Waals surface area contributed by atoms with Crippen molar-refractivity contribution in [3.05, 3.63) is 24.0 Å². The number of methoxy groups -OCH3 is 1. The summed E-state index contributed by atoms with van der Waals surface area (Å²) in [7, 11) is 1.54. The molecule has 0 aromatic carbocycles. The second-order valence-electron chi connectivity index (χ2n) is 3.51. The van der Waals surface area contributed by atoms with Crippen LogP contribution in [0.2, 0.25) is 0 Å². The molecule has 17 heavy (non-hydrogen) atoms. The van der Waals surface area contributed by atoms with Gasteiger partial charge < -0.3 is 10.2 Å². The number of nitrogens with one attached hydrogen (secondary N) is 1. The van der Waals surface area contributed by atoms with Gasteiger partial charge in [0.05, 0.1) is 12.8 Å². The Bertz CT molecular complexity index is 536. The highest BCUT2D eigenvalue weighted by atomic mass is 16.5. The van der Waals surface area contributed by atoms with E-state index in [2.05, 4.69) is 20.4 Å². The maximum atomic E-state index is 5.37. The Hall–Kier alpha value is -2.15. The number of nitrogens with two attached hydrogens (primary N) is 1. The van der Waals surface area contributed by atoms with Gasteiger partial charge in [0.2, 0.25) is 5.75 Å². The van der Waals surface area contributed by atoms with Crippen LogP contribution < -0.4 is 16.0 Å². The van der Waals surface area contributed by atoms with E-state index < -0.39 is 0 Å². The van der Waals surface area contributed by atoms with Gasteiger partial charge in [-0.1, -0.05) is 0 Å². The molecule has 0 spiro atoms. The molecule has 0 aliphatic rings. The van der Waals surface area contributed by atoms with Crippen LogP contribution in [0.5, 0.6) is 5.75 Å². The van der Waals surface area contributed by atoms with Crippen LogP contribution in [0.4, 0.5) is 5.82 Å². The highest BCUT2D eigenvalue weighted by Gasteiger charge is 2.15. The van der Waals surface area contributed by atoms with Gasteiger partial charge in [-0.2, -0.15) is 0 Å². The Balaban J connectivity index is 2.63. The molecule has 2 heterocycles. The van der Waals surface area contributed by atoms with Crippen molar-refractivity contribution in [3.8, 4) is 11.6 Å². The second kappa shape index (κ2) is 4.38. The predicted molar refractivity (Wildman–Crippen MR) is 63.0 cm³/mol. The molecule has 0 atom stereocenters. The standard InChI is InChI=1S/C10H14N6O/c1-6-7(2)16(5-14-6)10-8(17-3)9(15-11)12-4-13-10/h4-5H,11H2,1-3H3,(H,12,13,15). The second-order valence-corrected chi connectivity index (χ2v) is 3.51. The predicted octanol–water partition coefficient (Wildman–Crippen LogP) is 0.573. The van der Waals surface area contributed by atoms with Crippen molar-refractivity contribution in [3.63, 3.8) is 0 Å². The fourth-order valence-electron chi connectivity index (χ4n) is 1.54. The van der Waals surface area contributed by atoms with E-state index in [4.69, 9.17) is 10.6 Å². The summed E-state index contributed by atoms with van der Waals surface area (Å²) >= 11 is 0. The van der Waals surface area contributed by atoms with Gasteiger partial charge >= 0.3 is 0 Å². The summed E-state index contributed by atoms with van der Waals surface area (Å²) in [6, 6.07) is 0. The highest BCUT2D eigenvalue weighted by Crippen LogP contribution is 2.28. The third-order valence-electron chi connectivity index (χ3n) is 2.61. The fraction of sp³-hybridized carbons (Fsp3) is 0.300. The first-order valence-electron chi connectivity index (χ1n) is 5.05. The number of hydrogen-bond acceptors (Lipinski definition) is 6. The van der Waals surface area contributed by atoms with Crippen LogP contribution in [0.3, 0.4) is 0 Å². The van der Waals surface area contributed by atoms with Crippen molar-refractivity contribution < 1.29 is 4.74 Å². The quantitative estimate of drug-likeness (QED) is 0.596. The summed E-state index contributed by atoms with van der Waals surface area (Å²) in [6.07, 6.45) is 3.11. The lowest BCUT2D eigenvalue weighted by atomic mass is 10.3. The molecule has 0 amide bonds. The largest absolute Gasteiger partial charge is 0.490 e. The molecule has 2 aromatic heterocycles. The minimum atomic E-state index is 0.434. The lowest BCUT2D eigenvalue weighted by molar-refractivity contribution is 0.410. The van der Waals surface area contributed by atoms with E-state index in [-0.39, 0.29) is 0 Å². The maximum absolute atomic E-state index is 5.37. The highest BCUT2D eigenvalue weighted by molar-refractivity contribution is 5.57. The van der Waals surface area contributed by atoms with Crippen LogP contribution in [0, 0.1) is 13.8 Å². The van der Waals surface area contributed by atoms with Crippen LogP contribution in [-0.4, -0.2) is 26.6 Å². The molecule has 3 N–H and O–H groups in total. The lowest BCUT2D eigenvalue weighted by Gasteiger charge is -2.12. The summed E-state index contributed by atoms with van der Waals surface area (Å²) < 4.78 is 7.10. The molecular weight excluding hydrogens is 220 g/mol. The van der Waals surface area contributed by atoms with Crippen molar-refractivity contribution in [2.75, 3.05) is 12.5 Å². The topological polar surface area (TPSA) is 90.9 Å². The molecule has 0 aliphatic carbocycles. The van der Waals surface area contributed by atoms with E-state index in [1.54, 1.807) is 13.4 Å². The Morgan fingerprint density at radius 1 is 1.29 bits per heavy atom. The number of nitrogens with zero attached hydrogens (tertiary/aromatic N) is 4. The van der Waals surface area contributed by atoms with Crippen molar-refractivity contribution in [2.45, 2.75) is 13.8 Å². The summed E-state index contributed by atoms with van der Waals surface area (Å²) in [5.74, 6) is 6.89. The molecule has 7 heteroatoms. The average Bonchev–Trinajstić information content (AvgIpc) is 2.69. The van der Waals surface area contributed by atoms with Crippen molar-refractivity contribution in [1.82, 2.24) is 19.5 Å². The van der Waals surface area contributed by atoms with Gasteiger partial charge in [-0.25, -0.2) is 20.8 Å². The van der Waals surface area contributed by atoms with Crippen LogP contribution >= 0.6 is 0 Å². The van der Waals surface area contributed by atoms with Crippen molar-refractivity contribution in [2.24, 2.45) is 5.84 Å². The molecular formula is C10H14N6O. The number of hydrazine groups is 1. The summed E-state index contributed by atoms with van der Waals surface area (Å²) in [5.41, 5.74) is 4.40. The van der Waals surface area contributed by atoms with Gasteiger partial charge in [0.1, 0.15) is 12.7 Å². The molecule has 2 aromatic rings. The van der Waals surface area contributed by atoms with Crippen LogP contribution in [0.25, 0.3) is 5.82 Å². The molecule has 0 saturated carbocycles. The van der Waals surface area contributed by atoms with E-state index in [0.29, 0.717) is 17.4 Å². The van der Waals surface area contributed by atoms with E-state index in [1.165, 1.54) is 6.33 Å². The third kappa shape index (κ3) is 1.80. The Labute approximate surface area is 98.6 Å². The molecule has 7 nitrogen and oxygen atoms in total. The molecule has 0 unspecified atom stereocenters. The monoisotopic (exact) mass is 234 g/mol. The molecule has 2 rings (SSSR count). The third-order valence-corrected chi connectivity index (χ3v) is 2.61. The molecule has 0 aliphatic heterocycles. The first kappa shape index (κ1) is 11.3. The van der Waals surface area contributed by atoms with Gasteiger partial charge in [0, 0.05) is 5.69 Å². The van der Waals surface area contributed by atoms with E-state index in [9.17, 15) is 0 Å². The summed E-state index contributed by atoms with van der Waals surface area (Å²) in [5, 5.41) is 0. The number of aromatic nitrogens is 4. The number of hydrogen-bond donors (Lipinski definition) is 2. The molecule has 90 valence electrons. The SMILES string of the molecule is COc1c(NN)ncnc1-n1cnc(C)c1C.